The molecule has 0 unspecified atom stereocenters. The van der Waals surface area contributed by atoms with Crippen molar-refractivity contribution in [2.24, 2.45) is 0 Å². The van der Waals surface area contributed by atoms with E-state index >= 15 is 0 Å². The molecule has 0 fully saturated rings. The number of benzene rings is 3. The Morgan fingerprint density at radius 2 is 1.27 bits per heavy atom. The molecule has 0 N–H and O–H groups in total. The Balaban J connectivity index is 2.15. The third kappa shape index (κ3) is 2.55. The highest BCUT2D eigenvalue weighted by atomic mass is 19.4. The van der Waals surface area contributed by atoms with Crippen LogP contribution in [-0.2, 0) is 6.18 Å². The van der Waals surface area contributed by atoms with E-state index in [2.05, 4.69) is 0 Å². The Morgan fingerprint density at radius 1 is 0.731 bits per heavy atom. The van der Waals surface area contributed by atoms with Crippen molar-refractivity contribution >= 4 is 21.8 Å². The van der Waals surface area contributed by atoms with Crippen molar-refractivity contribution in [2.45, 2.75) is 20.0 Å². The summed E-state index contributed by atoms with van der Waals surface area (Å²) in [7, 11) is 0. The van der Waals surface area contributed by atoms with Gasteiger partial charge >= 0.3 is 6.18 Å². The van der Waals surface area contributed by atoms with E-state index in [4.69, 9.17) is 0 Å². The Labute approximate surface area is 147 Å². The Hall–Kier alpha value is -2.82. The lowest BCUT2D eigenvalue weighted by molar-refractivity contribution is -0.137. The molecule has 0 saturated carbocycles. The summed E-state index contributed by atoms with van der Waals surface area (Å²) in [6.07, 6.45) is -4.53. The van der Waals surface area contributed by atoms with Crippen molar-refractivity contribution in [1.82, 2.24) is 4.57 Å². The van der Waals surface area contributed by atoms with Crippen LogP contribution in [0.3, 0.4) is 0 Å². The second-order valence-corrected chi connectivity index (χ2v) is 6.54. The molecule has 3 aromatic carbocycles. The number of fused-ring (bicyclic) bond motifs is 3. The van der Waals surface area contributed by atoms with Crippen LogP contribution in [0.5, 0.6) is 0 Å². The zero-order valence-corrected chi connectivity index (χ0v) is 14.2. The molecule has 0 aliphatic carbocycles. The molecule has 0 bridgehead atoms. The molecule has 0 atom stereocenters. The maximum absolute atomic E-state index is 14.5. The largest absolute Gasteiger partial charge is 0.416 e. The van der Waals surface area contributed by atoms with Gasteiger partial charge in [-0.25, -0.2) is 4.39 Å². The topological polar surface area (TPSA) is 4.93 Å². The van der Waals surface area contributed by atoms with Gasteiger partial charge in [-0.05, 0) is 56.3 Å². The molecular weight excluding hydrogens is 342 g/mol. The summed E-state index contributed by atoms with van der Waals surface area (Å²) in [5.74, 6) is -0.696. The van der Waals surface area contributed by atoms with Gasteiger partial charge in [-0.15, -0.1) is 0 Å². The Morgan fingerprint density at radius 3 is 1.77 bits per heavy atom. The molecule has 5 heteroatoms. The minimum absolute atomic E-state index is 0.104. The molecule has 0 aliphatic rings. The third-order valence-corrected chi connectivity index (χ3v) is 4.59. The van der Waals surface area contributed by atoms with Crippen LogP contribution in [0.15, 0.2) is 54.6 Å². The summed E-state index contributed by atoms with van der Waals surface area (Å²) < 4.78 is 55.5. The zero-order chi connectivity index (χ0) is 18.6. The quantitative estimate of drug-likeness (QED) is 0.340. The standard InChI is InChI=1S/C21H15F4N/c1-12-3-7-18-15(9-12)16-10-13(2)4-8-19(16)26(18)20-11-14(21(23,24)25)5-6-17(20)22/h3-11H,1-2H3. The van der Waals surface area contributed by atoms with Crippen molar-refractivity contribution in [1.29, 1.82) is 0 Å². The van der Waals surface area contributed by atoms with Gasteiger partial charge in [-0.3, -0.25) is 0 Å². The number of hydrogen-bond donors (Lipinski definition) is 0. The van der Waals surface area contributed by atoms with Crippen LogP contribution in [-0.4, -0.2) is 4.57 Å². The lowest BCUT2D eigenvalue weighted by Gasteiger charge is -2.13. The highest BCUT2D eigenvalue weighted by Crippen LogP contribution is 2.36. The maximum atomic E-state index is 14.5. The van der Waals surface area contributed by atoms with Crippen molar-refractivity contribution in [3.8, 4) is 5.69 Å². The van der Waals surface area contributed by atoms with Crippen LogP contribution < -0.4 is 0 Å². The molecule has 4 aromatic rings. The molecule has 26 heavy (non-hydrogen) atoms. The minimum Gasteiger partial charge on any atom is -0.306 e. The van der Waals surface area contributed by atoms with E-state index in [0.29, 0.717) is 11.0 Å². The van der Waals surface area contributed by atoms with Crippen LogP contribution in [0.1, 0.15) is 16.7 Å². The minimum atomic E-state index is -4.53. The lowest BCUT2D eigenvalue weighted by atomic mass is 10.1. The van der Waals surface area contributed by atoms with E-state index in [1.54, 1.807) is 4.57 Å². The van der Waals surface area contributed by atoms with Gasteiger partial charge in [0.2, 0.25) is 0 Å². The lowest BCUT2D eigenvalue weighted by Crippen LogP contribution is -2.07. The van der Waals surface area contributed by atoms with Gasteiger partial charge in [0.25, 0.3) is 0 Å². The van der Waals surface area contributed by atoms with E-state index in [-0.39, 0.29) is 5.69 Å². The highest BCUT2D eigenvalue weighted by molar-refractivity contribution is 6.09. The molecule has 0 radical (unpaired) electrons. The summed E-state index contributed by atoms with van der Waals surface area (Å²) in [5, 5.41) is 1.78. The summed E-state index contributed by atoms with van der Waals surface area (Å²) in [6, 6.07) is 13.8. The van der Waals surface area contributed by atoms with Gasteiger partial charge in [0, 0.05) is 10.8 Å². The second kappa shape index (κ2) is 5.59. The average Bonchev–Trinajstić information content (AvgIpc) is 2.87. The van der Waals surface area contributed by atoms with Crippen molar-refractivity contribution < 1.29 is 17.6 Å². The molecule has 132 valence electrons. The van der Waals surface area contributed by atoms with Gasteiger partial charge < -0.3 is 4.57 Å². The van der Waals surface area contributed by atoms with E-state index < -0.39 is 17.6 Å². The van der Waals surface area contributed by atoms with Gasteiger partial charge in [-0.1, -0.05) is 23.3 Å². The molecule has 4 rings (SSSR count). The first kappa shape index (κ1) is 16.6. The first-order valence-electron chi connectivity index (χ1n) is 8.14. The number of aryl methyl sites for hydroxylation is 2. The fourth-order valence-corrected chi connectivity index (χ4v) is 3.37. The van der Waals surface area contributed by atoms with E-state index in [0.717, 1.165) is 40.1 Å². The summed E-state index contributed by atoms with van der Waals surface area (Å²) in [6.45, 7) is 3.90. The fourth-order valence-electron chi connectivity index (χ4n) is 3.37. The maximum Gasteiger partial charge on any atom is 0.416 e. The van der Waals surface area contributed by atoms with E-state index in [1.807, 2.05) is 50.2 Å². The van der Waals surface area contributed by atoms with E-state index in [1.165, 1.54) is 0 Å². The first-order chi connectivity index (χ1) is 12.3. The number of rotatable bonds is 1. The van der Waals surface area contributed by atoms with Crippen LogP contribution in [0.2, 0.25) is 0 Å². The predicted molar refractivity (Wildman–Crippen MR) is 95.2 cm³/mol. The number of halogens is 4. The van der Waals surface area contributed by atoms with Crippen molar-refractivity contribution in [3.05, 3.63) is 77.1 Å². The molecule has 0 amide bonds. The van der Waals surface area contributed by atoms with Gasteiger partial charge in [0.15, 0.2) is 0 Å². The number of alkyl halides is 3. The second-order valence-electron chi connectivity index (χ2n) is 6.54. The monoisotopic (exact) mass is 357 g/mol. The van der Waals surface area contributed by atoms with Crippen LogP contribution in [0.25, 0.3) is 27.5 Å². The summed E-state index contributed by atoms with van der Waals surface area (Å²) in [4.78, 5) is 0. The summed E-state index contributed by atoms with van der Waals surface area (Å²) >= 11 is 0. The van der Waals surface area contributed by atoms with Gasteiger partial charge in [0.1, 0.15) is 5.82 Å². The Bertz CT molecular complexity index is 1090. The van der Waals surface area contributed by atoms with Gasteiger partial charge in [-0.2, -0.15) is 13.2 Å². The molecule has 0 spiro atoms. The SMILES string of the molecule is Cc1ccc2c(c1)c1cc(C)ccc1n2-c1cc(C(F)(F)F)ccc1F. The van der Waals surface area contributed by atoms with E-state index in [9.17, 15) is 17.6 Å². The first-order valence-corrected chi connectivity index (χ1v) is 8.14. The molecule has 0 aliphatic heterocycles. The van der Waals surface area contributed by atoms with Crippen LogP contribution in [0, 0.1) is 19.7 Å². The Kier molecular flexibility index (Phi) is 3.58. The predicted octanol–water partition coefficient (Wildman–Crippen LogP) is 6.56. The summed E-state index contributed by atoms with van der Waals surface area (Å²) in [5.41, 5.74) is 2.43. The molecular formula is C21H15F4N. The van der Waals surface area contributed by atoms with Crippen LogP contribution >= 0.6 is 0 Å². The average molecular weight is 357 g/mol. The fraction of sp³-hybridized carbons (Fsp3) is 0.143. The third-order valence-electron chi connectivity index (χ3n) is 4.59. The normalized spacial score (nSPS) is 12.2. The molecule has 1 heterocycles. The van der Waals surface area contributed by atoms with Crippen molar-refractivity contribution in [2.75, 3.05) is 0 Å². The molecule has 1 aromatic heterocycles. The molecule has 1 nitrogen and oxygen atoms in total. The number of nitrogens with zero attached hydrogens (tertiary/aromatic N) is 1. The smallest absolute Gasteiger partial charge is 0.306 e. The number of aromatic nitrogens is 1. The molecule has 0 saturated heterocycles. The van der Waals surface area contributed by atoms with Crippen molar-refractivity contribution in [3.63, 3.8) is 0 Å². The highest BCUT2D eigenvalue weighted by Gasteiger charge is 2.31. The zero-order valence-electron chi connectivity index (χ0n) is 14.2. The number of hydrogen-bond acceptors (Lipinski definition) is 0. The van der Waals surface area contributed by atoms with Crippen LogP contribution in [0.4, 0.5) is 17.6 Å². The van der Waals surface area contributed by atoms with Gasteiger partial charge in [0.05, 0.1) is 22.3 Å².